The first kappa shape index (κ1) is 26.0. The van der Waals surface area contributed by atoms with E-state index in [0.717, 1.165) is 37.8 Å². The van der Waals surface area contributed by atoms with E-state index in [4.69, 9.17) is 4.84 Å². The van der Waals surface area contributed by atoms with Gasteiger partial charge in [-0.1, -0.05) is 12.1 Å². The van der Waals surface area contributed by atoms with Crippen LogP contribution in [0.5, 0.6) is 5.75 Å². The fourth-order valence-electron chi connectivity index (χ4n) is 4.42. The topological polar surface area (TPSA) is 104 Å². The summed E-state index contributed by atoms with van der Waals surface area (Å²) in [5.41, 5.74) is -1.48. The number of halogens is 4. The molecule has 1 aromatic carbocycles. The number of nitrogens with zero attached hydrogens (tertiary/aromatic N) is 2. The van der Waals surface area contributed by atoms with E-state index < -0.39 is 60.3 Å². The lowest BCUT2D eigenvalue weighted by Crippen LogP contribution is -2.51. The molecule has 0 unspecified atom stereocenters. The third kappa shape index (κ3) is 6.37. The maximum Gasteiger partial charge on any atom is 0.426 e. The Hall–Kier alpha value is -3.07. The van der Waals surface area contributed by atoms with Gasteiger partial charge in [0, 0.05) is 19.5 Å². The van der Waals surface area contributed by atoms with Crippen molar-refractivity contribution < 1.29 is 36.7 Å². The molecule has 1 atom stereocenters. The molecule has 3 fully saturated rings. The van der Waals surface area contributed by atoms with E-state index in [2.05, 4.69) is 15.4 Å². The van der Waals surface area contributed by atoms with E-state index in [1.54, 1.807) is 0 Å². The summed E-state index contributed by atoms with van der Waals surface area (Å²) in [6.45, 7) is -2.20. The lowest BCUT2D eigenvalue weighted by molar-refractivity contribution is -0.129. The van der Waals surface area contributed by atoms with E-state index in [1.165, 1.54) is 17.2 Å². The van der Waals surface area contributed by atoms with E-state index in [1.807, 2.05) is 6.07 Å². The van der Waals surface area contributed by atoms with Gasteiger partial charge in [-0.2, -0.15) is 14.0 Å². The minimum atomic E-state index is -3.65. The second-order valence-corrected chi connectivity index (χ2v) is 9.81. The average molecular weight is 513 g/mol. The van der Waals surface area contributed by atoms with E-state index >= 15 is 8.78 Å². The minimum absolute atomic E-state index is 0.352. The normalized spacial score (nSPS) is 20.8. The molecule has 1 saturated heterocycles. The van der Waals surface area contributed by atoms with Crippen molar-refractivity contribution in [3.8, 4) is 11.8 Å². The van der Waals surface area contributed by atoms with Crippen molar-refractivity contribution in [1.29, 1.82) is 5.26 Å². The number of ether oxygens (including phenoxy) is 1. The third-order valence-electron chi connectivity index (χ3n) is 7.13. The zero-order valence-electron chi connectivity index (χ0n) is 19.6. The Morgan fingerprint density at radius 2 is 1.78 bits per heavy atom. The third-order valence-corrected chi connectivity index (χ3v) is 7.13. The smallest absolute Gasteiger partial charge is 0.426 e. The summed E-state index contributed by atoms with van der Waals surface area (Å²) >= 11 is 0. The first-order valence-corrected chi connectivity index (χ1v) is 11.9. The van der Waals surface area contributed by atoms with Crippen molar-refractivity contribution in [2.24, 2.45) is 5.41 Å². The number of alkyl halides is 4. The quantitative estimate of drug-likeness (QED) is 0.455. The number of carbonyl (C=O) groups is 2. The first-order chi connectivity index (χ1) is 17.1. The summed E-state index contributed by atoms with van der Waals surface area (Å²) in [7, 11) is 0. The molecular formula is C24H28F4N4O4. The number of amides is 2. The number of rotatable bonds is 10. The highest BCUT2D eigenvalue weighted by atomic mass is 19.3. The van der Waals surface area contributed by atoms with Crippen LogP contribution >= 0.6 is 0 Å². The molecule has 1 aromatic rings. The van der Waals surface area contributed by atoms with Gasteiger partial charge in [-0.15, -0.1) is 5.06 Å². The number of carbonyl (C=O) groups excluding carboxylic acids is 2. The van der Waals surface area contributed by atoms with Crippen molar-refractivity contribution >= 4 is 12.0 Å². The predicted octanol–water partition coefficient (Wildman–Crippen LogP) is 4.22. The molecule has 4 rings (SSSR count). The van der Waals surface area contributed by atoms with Crippen LogP contribution in [0.15, 0.2) is 24.3 Å². The Morgan fingerprint density at radius 3 is 2.36 bits per heavy atom. The molecule has 0 aromatic heterocycles. The molecule has 36 heavy (non-hydrogen) atoms. The van der Waals surface area contributed by atoms with E-state index in [9.17, 15) is 23.6 Å². The summed E-state index contributed by atoms with van der Waals surface area (Å²) in [5.74, 6) is -5.12. The van der Waals surface area contributed by atoms with Crippen LogP contribution in [0.25, 0.3) is 0 Å². The number of para-hydroxylation sites is 1. The highest BCUT2D eigenvalue weighted by molar-refractivity contribution is 5.86. The summed E-state index contributed by atoms with van der Waals surface area (Å²) in [6.07, 6.45) is 2.47. The number of hydrogen-bond donors (Lipinski definition) is 2. The van der Waals surface area contributed by atoms with Crippen molar-refractivity contribution in [2.45, 2.75) is 75.5 Å². The van der Waals surface area contributed by atoms with Crippen LogP contribution in [0.3, 0.4) is 0 Å². The molecule has 2 aliphatic carbocycles. The molecule has 8 nitrogen and oxygen atoms in total. The van der Waals surface area contributed by atoms with Crippen LogP contribution in [-0.2, 0) is 15.6 Å². The van der Waals surface area contributed by atoms with Crippen LogP contribution in [0, 0.1) is 16.7 Å². The predicted molar refractivity (Wildman–Crippen MR) is 118 cm³/mol. The van der Waals surface area contributed by atoms with E-state index in [0.29, 0.717) is 31.3 Å². The molecule has 1 spiro atoms. The molecule has 1 aliphatic heterocycles. The van der Waals surface area contributed by atoms with Crippen molar-refractivity contribution in [1.82, 2.24) is 15.7 Å². The highest BCUT2D eigenvalue weighted by Gasteiger charge is 2.47. The van der Waals surface area contributed by atoms with Crippen LogP contribution in [-0.4, -0.2) is 48.3 Å². The largest absolute Gasteiger partial charge is 0.434 e. The summed E-state index contributed by atoms with van der Waals surface area (Å²) in [5, 5.41) is 15.6. The van der Waals surface area contributed by atoms with Crippen molar-refractivity contribution in [2.75, 3.05) is 13.1 Å². The van der Waals surface area contributed by atoms with Crippen molar-refractivity contribution in [3.05, 3.63) is 29.8 Å². The van der Waals surface area contributed by atoms with Crippen LogP contribution in [0.2, 0.25) is 0 Å². The SMILES string of the molecule is N#CC1(NC(=O)[C@H](CCC(F)(F)c2ccccc2OC(F)F)NC(=O)ON2CCC3(CC2)CC3)CC1. The molecule has 0 radical (unpaired) electrons. The number of hydrogen-bond acceptors (Lipinski definition) is 6. The zero-order valence-corrected chi connectivity index (χ0v) is 19.6. The number of hydroxylamine groups is 2. The van der Waals surface area contributed by atoms with Gasteiger partial charge < -0.3 is 20.2 Å². The van der Waals surface area contributed by atoms with Gasteiger partial charge in [0.15, 0.2) is 0 Å². The monoisotopic (exact) mass is 512 g/mol. The fraction of sp³-hybridized carbons (Fsp3) is 0.625. The summed E-state index contributed by atoms with van der Waals surface area (Å²) in [4.78, 5) is 30.6. The van der Waals surface area contributed by atoms with Gasteiger partial charge in [0.25, 0.3) is 5.92 Å². The number of benzene rings is 1. The lowest BCUT2D eigenvalue weighted by atomic mass is 9.95. The van der Waals surface area contributed by atoms with Crippen LogP contribution in [0.1, 0.15) is 56.9 Å². The summed E-state index contributed by atoms with van der Waals surface area (Å²) < 4.78 is 59.6. The van der Waals surface area contributed by atoms with Gasteiger partial charge in [0.05, 0.1) is 11.6 Å². The second kappa shape index (κ2) is 10.1. The van der Waals surface area contributed by atoms with Gasteiger partial charge in [0.2, 0.25) is 5.91 Å². The van der Waals surface area contributed by atoms with Crippen LogP contribution in [0.4, 0.5) is 22.4 Å². The first-order valence-electron chi connectivity index (χ1n) is 11.9. The molecule has 3 aliphatic rings. The van der Waals surface area contributed by atoms with Gasteiger partial charge in [-0.25, -0.2) is 13.6 Å². The number of piperidine rings is 1. The standard InChI is InChI=1S/C24H28F4N4O4/c25-20(26)35-18-4-2-1-3-16(18)24(27,28)6-5-17(19(33)31-23(15-29)9-10-23)30-21(34)36-32-13-11-22(7-8-22)12-14-32/h1-4,17,20H,5-14H2,(H,30,34)(H,31,33)/t17-/m0/s1. The lowest BCUT2D eigenvalue weighted by Gasteiger charge is -2.31. The molecule has 12 heteroatoms. The van der Waals surface area contributed by atoms with E-state index in [-0.39, 0.29) is 0 Å². The molecular weight excluding hydrogens is 484 g/mol. The average Bonchev–Trinajstić information content (AvgIpc) is 3.76. The molecule has 1 heterocycles. The Balaban J connectivity index is 1.40. The molecule has 0 bridgehead atoms. The van der Waals surface area contributed by atoms with Crippen LogP contribution < -0.4 is 15.4 Å². The van der Waals surface area contributed by atoms with Gasteiger partial charge >= 0.3 is 12.7 Å². The molecule has 2 N–H and O–H groups in total. The zero-order chi connectivity index (χ0) is 26.0. The second-order valence-electron chi connectivity index (χ2n) is 9.81. The van der Waals surface area contributed by atoms with Gasteiger partial charge in [0.1, 0.15) is 17.3 Å². The Kier molecular flexibility index (Phi) is 7.31. The fourth-order valence-corrected chi connectivity index (χ4v) is 4.42. The molecule has 2 saturated carbocycles. The Morgan fingerprint density at radius 1 is 1.11 bits per heavy atom. The molecule has 196 valence electrons. The Bertz CT molecular complexity index is 1010. The maximum atomic E-state index is 15.0. The highest BCUT2D eigenvalue weighted by Crippen LogP contribution is 2.53. The number of nitrogens with one attached hydrogen (secondary N) is 2. The maximum absolute atomic E-state index is 15.0. The summed E-state index contributed by atoms with van der Waals surface area (Å²) in [6, 6.07) is 5.05. The Labute approximate surface area is 205 Å². The van der Waals surface area contributed by atoms with Gasteiger partial charge in [-0.05, 0) is 62.5 Å². The van der Waals surface area contributed by atoms with Crippen molar-refractivity contribution in [3.63, 3.8) is 0 Å². The van der Waals surface area contributed by atoms with Gasteiger partial charge in [-0.3, -0.25) is 4.79 Å². The number of nitriles is 1. The minimum Gasteiger partial charge on any atom is -0.434 e. The molecule has 2 amide bonds.